The molecule has 0 aliphatic heterocycles. The van der Waals surface area contributed by atoms with Crippen molar-refractivity contribution in [2.75, 3.05) is 19.5 Å². The summed E-state index contributed by atoms with van der Waals surface area (Å²) in [6, 6.07) is 11.3. The summed E-state index contributed by atoms with van der Waals surface area (Å²) in [5.41, 5.74) is 5.10. The predicted molar refractivity (Wildman–Crippen MR) is 118 cm³/mol. The number of hydrogen-bond acceptors (Lipinski definition) is 6. The van der Waals surface area contributed by atoms with Crippen molar-refractivity contribution in [2.45, 2.75) is 13.8 Å². The molecule has 2 heterocycles. The summed E-state index contributed by atoms with van der Waals surface area (Å²) >= 11 is 0. The Balaban J connectivity index is 1.78. The van der Waals surface area contributed by atoms with E-state index in [0.29, 0.717) is 11.6 Å². The van der Waals surface area contributed by atoms with Gasteiger partial charge in [-0.15, -0.1) is 0 Å². The number of aryl methyl sites for hydroxylation is 1. The van der Waals surface area contributed by atoms with E-state index in [1.165, 1.54) is 12.3 Å². The molecule has 2 aromatic heterocycles. The Hall–Kier alpha value is -4.00. The molecule has 0 saturated carbocycles. The lowest BCUT2D eigenvalue weighted by atomic mass is 9.96. The van der Waals surface area contributed by atoms with E-state index in [1.54, 1.807) is 26.5 Å². The van der Waals surface area contributed by atoms with Crippen molar-refractivity contribution in [1.29, 1.82) is 0 Å². The Bertz CT molecular complexity index is 1250. The molecule has 0 spiro atoms. The summed E-state index contributed by atoms with van der Waals surface area (Å²) in [6.45, 7) is 3.80. The predicted octanol–water partition coefficient (Wildman–Crippen LogP) is 5.46. The number of carbonyl (C=O) groups is 1. The van der Waals surface area contributed by atoms with Crippen LogP contribution in [0.2, 0.25) is 0 Å². The molecule has 0 aliphatic carbocycles. The number of amides is 1. The van der Waals surface area contributed by atoms with Gasteiger partial charge in [0.05, 0.1) is 20.5 Å². The van der Waals surface area contributed by atoms with Gasteiger partial charge in [-0.1, -0.05) is 17.3 Å². The van der Waals surface area contributed by atoms with Crippen LogP contribution in [-0.4, -0.2) is 25.3 Å². The van der Waals surface area contributed by atoms with Crippen LogP contribution in [0.5, 0.6) is 11.5 Å². The molecule has 2 aromatic carbocycles. The number of benzene rings is 2. The van der Waals surface area contributed by atoms with E-state index in [4.69, 9.17) is 18.4 Å². The number of nitrogens with zero attached hydrogens (tertiary/aromatic N) is 1. The maximum atomic E-state index is 12.4. The zero-order chi connectivity index (χ0) is 22.0. The molecule has 0 radical (unpaired) electrons. The summed E-state index contributed by atoms with van der Waals surface area (Å²) in [4.78, 5) is 12.4. The lowest BCUT2D eigenvalue weighted by molar-refractivity contribution is -0.111. The number of hydrogen-bond donors (Lipinski definition) is 1. The summed E-state index contributed by atoms with van der Waals surface area (Å²) < 4.78 is 21.5. The SMILES string of the molecule is COc1ccc(-c2coc3c(C)c(OC)c(/C(C)=C/C(=O)Nc4ccon4)cc23)cc1. The number of allylic oxidation sites excluding steroid dienone is 1. The fourth-order valence-electron chi connectivity index (χ4n) is 3.58. The van der Waals surface area contributed by atoms with Crippen LogP contribution < -0.4 is 14.8 Å². The highest BCUT2D eigenvalue weighted by Gasteiger charge is 2.19. The molecular weight excluding hydrogens is 396 g/mol. The van der Waals surface area contributed by atoms with Crippen LogP contribution in [0, 0.1) is 6.92 Å². The van der Waals surface area contributed by atoms with E-state index in [-0.39, 0.29) is 5.91 Å². The molecule has 0 unspecified atom stereocenters. The molecule has 1 N–H and O–H groups in total. The highest BCUT2D eigenvalue weighted by Crippen LogP contribution is 2.40. The lowest BCUT2D eigenvalue weighted by Crippen LogP contribution is -2.09. The number of ether oxygens (including phenoxy) is 2. The van der Waals surface area contributed by atoms with Crippen molar-refractivity contribution >= 4 is 28.3 Å². The Kier molecular flexibility index (Phi) is 5.49. The van der Waals surface area contributed by atoms with Crippen molar-refractivity contribution in [3.05, 3.63) is 66.1 Å². The molecule has 31 heavy (non-hydrogen) atoms. The van der Waals surface area contributed by atoms with Gasteiger partial charge in [-0.2, -0.15) is 0 Å². The molecule has 4 rings (SSSR count). The Morgan fingerprint density at radius 1 is 1.13 bits per heavy atom. The number of nitrogens with one attached hydrogen (secondary N) is 1. The number of methoxy groups -OCH3 is 2. The van der Waals surface area contributed by atoms with Gasteiger partial charge >= 0.3 is 0 Å². The minimum Gasteiger partial charge on any atom is -0.497 e. The molecule has 4 aromatic rings. The number of rotatable bonds is 6. The maximum absolute atomic E-state index is 12.4. The Labute approximate surface area is 179 Å². The number of aromatic nitrogens is 1. The average molecular weight is 418 g/mol. The van der Waals surface area contributed by atoms with Gasteiger partial charge in [-0.3, -0.25) is 4.79 Å². The van der Waals surface area contributed by atoms with Gasteiger partial charge in [0.1, 0.15) is 23.3 Å². The summed E-state index contributed by atoms with van der Waals surface area (Å²) in [6.07, 6.45) is 4.63. The van der Waals surface area contributed by atoms with E-state index in [1.807, 2.05) is 44.2 Å². The third-order valence-electron chi connectivity index (χ3n) is 5.11. The maximum Gasteiger partial charge on any atom is 0.249 e. The van der Waals surface area contributed by atoms with E-state index < -0.39 is 0 Å². The van der Waals surface area contributed by atoms with E-state index in [0.717, 1.165) is 44.5 Å². The molecule has 0 saturated heterocycles. The topological polar surface area (TPSA) is 86.7 Å². The second-order valence-electron chi connectivity index (χ2n) is 7.04. The number of anilines is 1. The first kappa shape index (κ1) is 20.3. The Morgan fingerprint density at radius 3 is 2.55 bits per heavy atom. The van der Waals surface area contributed by atoms with Gasteiger partial charge in [-0.25, -0.2) is 0 Å². The van der Waals surface area contributed by atoms with Crippen molar-refractivity contribution in [3.63, 3.8) is 0 Å². The van der Waals surface area contributed by atoms with Crippen LogP contribution in [0.15, 0.2) is 63.9 Å². The van der Waals surface area contributed by atoms with E-state index >= 15 is 0 Å². The summed E-state index contributed by atoms with van der Waals surface area (Å²) in [7, 11) is 3.24. The fraction of sp³-hybridized carbons (Fsp3) is 0.167. The van der Waals surface area contributed by atoms with E-state index in [9.17, 15) is 4.79 Å². The fourth-order valence-corrected chi connectivity index (χ4v) is 3.58. The van der Waals surface area contributed by atoms with Crippen LogP contribution >= 0.6 is 0 Å². The number of fused-ring (bicyclic) bond motifs is 1. The highest BCUT2D eigenvalue weighted by atomic mass is 16.5. The third-order valence-corrected chi connectivity index (χ3v) is 5.11. The molecule has 7 heteroatoms. The zero-order valence-electron chi connectivity index (χ0n) is 17.7. The molecule has 158 valence electrons. The van der Waals surface area contributed by atoms with Crippen LogP contribution in [0.4, 0.5) is 5.82 Å². The zero-order valence-corrected chi connectivity index (χ0v) is 17.7. The van der Waals surface area contributed by atoms with Crippen molar-refractivity contribution in [1.82, 2.24) is 5.16 Å². The summed E-state index contributed by atoms with van der Waals surface area (Å²) in [5, 5.41) is 7.29. The minimum absolute atomic E-state index is 0.311. The van der Waals surface area contributed by atoms with Gasteiger partial charge in [0, 0.05) is 34.2 Å². The Morgan fingerprint density at radius 2 is 1.90 bits per heavy atom. The second kappa shape index (κ2) is 8.39. The van der Waals surface area contributed by atoms with Crippen molar-refractivity contribution < 1.29 is 23.2 Å². The smallest absolute Gasteiger partial charge is 0.249 e. The molecule has 0 aliphatic rings. The summed E-state index contributed by atoms with van der Waals surface area (Å²) in [5.74, 6) is 1.48. The van der Waals surface area contributed by atoms with Gasteiger partial charge in [0.25, 0.3) is 0 Å². The first-order chi connectivity index (χ1) is 15.0. The molecule has 7 nitrogen and oxygen atoms in total. The van der Waals surface area contributed by atoms with Gasteiger partial charge < -0.3 is 23.7 Å². The number of furan rings is 1. The van der Waals surface area contributed by atoms with Crippen LogP contribution in [0.1, 0.15) is 18.1 Å². The standard InChI is InChI=1S/C24H22N2O5/c1-14(11-22(27)25-21-9-10-31-26-21)18-12-19-20(16-5-7-17(28-3)8-6-16)13-30-24(19)15(2)23(18)29-4/h5-13H,1-4H3,(H,25,26,27)/b14-11+. The normalized spacial score (nSPS) is 11.5. The molecule has 0 fully saturated rings. The first-order valence-electron chi connectivity index (χ1n) is 9.65. The molecule has 0 atom stereocenters. The molecular formula is C24H22N2O5. The lowest BCUT2D eigenvalue weighted by Gasteiger charge is -2.13. The van der Waals surface area contributed by atoms with Crippen molar-refractivity contribution in [3.8, 4) is 22.6 Å². The largest absolute Gasteiger partial charge is 0.497 e. The van der Waals surface area contributed by atoms with E-state index in [2.05, 4.69) is 10.5 Å². The monoisotopic (exact) mass is 418 g/mol. The quantitative estimate of drug-likeness (QED) is 0.419. The van der Waals surface area contributed by atoms with Crippen LogP contribution in [0.25, 0.3) is 27.7 Å². The van der Waals surface area contributed by atoms with Crippen LogP contribution in [-0.2, 0) is 4.79 Å². The van der Waals surface area contributed by atoms with Crippen molar-refractivity contribution in [2.24, 2.45) is 0 Å². The van der Waals surface area contributed by atoms with Crippen LogP contribution in [0.3, 0.4) is 0 Å². The van der Waals surface area contributed by atoms with Gasteiger partial charge in [0.2, 0.25) is 5.91 Å². The highest BCUT2D eigenvalue weighted by molar-refractivity contribution is 6.05. The molecule has 1 amide bonds. The minimum atomic E-state index is -0.311. The second-order valence-corrected chi connectivity index (χ2v) is 7.04. The van der Waals surface area contributed by atoms with Gasteiger partial charge in [-0.05, 0) is 43.2 Å². The molecule has 0 bridgehead atoms. The van der Waals surface area contributed by atoms with Gasteiger partial charge in [0.15, 0.2) is 5.82 Å². The third kappa shape index (κ3) is 3.90. The first-order valence-corrected chi connectivity index (χ1v) is 9.65. The number of carbonyl (C=O) groups excluding carboxylic acids is 1. The average Bonchev–Trinajstić information content (AvgIpc) is 3.43.